The van der Waals surface area contributed by atoms with Gasteiger partial charge in [0.05, 0.1) is 0 Å². The lowest BCUT2D eigenvalue weighted by Crippen LogP contribution is -2.37. The van der Waals surface area contributed by atoms with Gasteiger partial charge in [-0.25, -0.2) is 9.97 Å². The van der Waals surface area contributed by atoms with Gasteiger partial charge in [0.1, 0.15) is 0 Å². The summed E-state index contributed by atoms with van der Waals surface area (Å²) in [7, 11) is 0. The van der Waals surface area contributed by atoms with E-state index in [1.54, 1.807) is 0 Å². The zero-order valence-corrected chi connectivity index (χ0v) is 18.9. The molecule has 3 N–H and O–H groups in total. The van der Waals surface area contributed by atoms with Gasteiger partial charge < -0.3 is 4.98 Å². The van der Waals surface area contributed by atoms with Gasteiger partial charge in [0.2, 0.25) is 17.8 Å². The minimum Gasteiger partial charge on any atom is -0.361 e. The van der Waals surface area contributed by atoms with Crippen LogP contribution in [0, 0.1) is 13.8 Å². The number of carbonyl (C=O) groups excluding carboxylic acids is 1. The van der Waals surface area contributed by atoms with E-state index >= 15 is 0 Å². The molecular formula is C26H28N6O. The van der Waals surface area contributed by atoms with Crippen LogP contribution in [0.3, 0.4) is 0 Å². The van der Waals surface area contributed by atoms with Crippen LogP contribution in [0.25, 0.3) is 10.9 Å². The molecular weight excluding hydrogens is 412 g/mol. The molecule has 0 atom stereocenters. The molecule has 0 aliphatic rings. The highest BCUT2D eigenvalue weighted by molar-refractivity contribution is 6.03. The first-order chi connectivity index (χ1) is 16.1. The molecule has 0 spiro atoms. The van der Waals surface area contributed by atoms with E-state index in [0.29, 0.717) is 31.3 Å². The van der Waals surface area contributed by atoms with Gasteiger partial charge in [-0.15, -0.1) is 0 Å². The van der Waals surface area contributed by atoms with Crippen molar-refractivity contribution in [3.05, 3.63) is 89.4 Å². The van der Waals surface area contributed by atoms with Crippen LogP contribution in [-0.2, 0) is 17.6 Å². The van der Waals surface area contributed by atoms with E-state index in [0.717, 1.165) is 28.9 Å². The van der Waals surface area contributed by atoms with Crippen LogP contribution in [0.5, 0.6) is 0 Å². The average molecular weight is 441 g/mol. The van der Waals surface area contributed by atoms with Crippen LogP contribution < -0.4 is 10.6 Å². The van der Waals surface area contributed by atoms with Crippen molar-refractivity contribution in [3.63, 3.8) is 0 Å². The van der Waals surface area contributed by atoms with Crippen LogP contribution in [0.1, 0.15) is 28.9 Å². The SMILES string of the molecule is Cc1cc(C)nc(NC(=NCCc2c[nH]c3ccccc23)NC(=O)CCc2ccccc2)n1. The fraction of sp³-hybridized carbons (Fsp3) is 0.231. The van der Waals surface area contributed by atoms with Crippen LogP contribution in [0.15, 0.2) is 71.9 Å². The fourth-order valence-corrected chi connectivity index (χ4v) is 3.72. The van der Waals surface area contributed by atoms with Gasteiger partial charge in [-0.05, 0) is 49.9 Å². The fourth-order valence-electron chi connectivity index (χ4n) is 3.72. The first kappa shape index (κ1) is 22.2. The molecule has 7 heteroatoms. The Kier molecular flexibility index (Phi) is 7.09. The number of benzene rings is 2. The molecule has 2 heterocycles. The number of hydrogen-bond acceptors (Lipinski definition) is 4. The van der Waals surface area contributed by atoms with Crippen LogP contribution in [-0.4, -0.2) is 33.4 Å². The predicted molar refractivity (Wildman–Crippen MR) is 132 cm³/mol. The number of aliphatic imine (C=N–C) groups is 1. The second-order valence-corrected chi connectivity index (χ2v) is 7.97. The van der Waals surface area contributed by atoms with E-state index in [1.807, 2.05) is 68.6 Å². The number of aromatic nitrogens is 3. The summed E-state index contributed by atoms with van der Waals surface area (Å²) in [5.41, 5.74) is 5.10. The number of carbonyl (C=O) groups is 1. The number of nitrogens with one attached hydrogen (secondary N) is 3. The Morgan fingerprint density at radius 3 is 2.48 bits per heavy atom. The van der Waals surface area contributed by atoms with Crippen molar-refractivity contribution in [2.24, 2.45) is 4.99 Å². The highest BCUT2D eigenvalue weighted by Crippen LogP contribution is 2.18. The molecule has 0 saturated heterocycles. The van der Waals surface area contributed by atoms with Gasteiger partial charge in [0.25, 0.3) is 0 Å². The molecule has 0 fully saturated rings. The Hall–Kier alpha value is -4.00. The van der Waals surface area contributed by atoms with E-state index in [2.05, 4.69) is 42.7 Å². The Morgan fingerprint density at radius 2 is 1.70 bits per heavy atom. The second-order valence-electron chi connectivity index (χ2n) is 7.97. The topological polar surface area (TPSA) is 95.1 Å². The van der Waals surface area contributed by atoms with Crippen LogP contribution in [0.2, 0.25) is 0 Å². The number of nitrogens with zero attached hydrogens (tertiary/aromatic N) is 3. The van der Waals surface area contributed by atoms with Crippen molar-refractivity contribution in [2.45, 2.75) is 33.1 Å². The number of hydrogen-bond donors (Lipinski definition) is 3. The van der Waals surface area contributed by atoms with Crippen LogP contribution in [0.4, 0.5) is 5.95 Å². The number of fused-ring (bicyclic) bond motifs is 1. The second kappa shape index (κ2) is 10.5. The van der Waals surface area contributed by atoms with Gasteiger partial charge >= 0.3 is 0 Å². The normalized spacial score (nSPS) is 11.5. The third-order valence-electron chi connectivity index (χ3n) is 5.28. The Balaban J connectivity index is 1.45. The highest BCUT2D eigenvalue weighted by Gasteiger charge is 2.10. The molecule has 2 aromatic heterocycles. The molecule has 168 valence electrons. The number of aromatic amines is 1. The number of anilines is 1. The number of amides is 1. The van der Waals surface area contributed by atoms with E-state index in [1.165, 1.54) is 10.9 Å². The van der Waals surface area contributed by atoms with Gasteiger partial charge in [-0.3, -0.25) is 20.4 Å². The predicted octanol–water partition coefficient (Wildman–Crippen LogP) is 4.33. The first-order valence-corrected chi connectivity index (χ1v) is 11.1. The molecule has 7 nitrogen and oxygen atoms in total. The number of guanidine groups is 1. The van der Waals surface area contributed by atoms with Gasteiger partial charge in [0, 0.05) is 41.5 Å². The zero-order valence-electron chi connectivity index (χ0n) is 18.9. The quantitative estimate of drug-likeness (QED) is 0.294. The summed E-state index contributed by atoms with van der Waals surface area (Å²) < 4.78 is 0. The van der Waals surface area contributed by atoms with Crippen molar-refractivity contribution < 1.29 is 4.79 Å². The summed E-state index contributed by atoms with van der Waals surface area (Å²) in [5, 5.41) is 7.19. The van der Waals surface area contributed by atoms with Crippen LogP contribution >= 0.6 is 0 Å². The summed E-state index contributed by atoms with van der Waals surface area (Å²) in [5.74, 6) is 0.668. The molecule has 0 radical (unpaired) electrons. The lowest BCUT2D eigenvalue weighted by Gasteiger charge is -2.11. The highest BCUT2D eigenvalue weighted by atomic mass is 16.1. The van der Waals surface area contributed by atoms with Gasteiger partial charge in [-0.2, -0.15) is 0 Å². The lowest BCUT2D eigenvalue weighted by molar-refractivity contribution is -0.119. The largest absolute Gasteiger partial charge is 0.361 e. The van der Waals surface area contributed by atoms with Crippen molar-refractivity contribution in [1.29, 1.82) is 0 Å². The maximum atomic E-state index is 12.6. The third-order valence-corrected chi connectivity index (χ3v) is 5.28. The zero-order chi connectivity index (χ0) is 23.0. The summed E-state index contributed by atoms with van der Waals surface area (Å²) in [6.07, 6.45) is 3.78. The summed E-state index contributed by atoms with van der Waals surface area (Å²) in [6, 6.07) is 20.0. The molecule has 0 aliphatic carbocycles. The monoisotopic (exact) mass is 440 g/mol. The molecule has 0 unspecified atom stereocenters. The van der Waals surface area contributed by atoms with E-state index < -0.39 is 0 Å². The van der Waals surface area contributed by atoms with E-state index in [-0.39, 0.29) is 5.91 Å². The molecule has 33 heavy (non-hydrogen) atoms. The van der Waals surface area contributed by atoms with Crippen molar-refractivity contribution in [3.8, 4) is 0 Å². The maximum Gasteiger partial charge on any atom is 0.229 e. The lowest BCUT2D eigenvalue weighted by atomic mass is 10.1. The minimum absolute atomic E-state index is 0.110. The summed E-state index contributed by atoms with van der Waals surface area (Å²) >= 11 is 0. The standard InChI is InChI=1S/C26H28N6O/c1-18-16-19(2)30-26(29-18)32-25(31-24(33)13-12-20-8-4-3-5-9-20)27-15-14-21-17-28-23-11-7-6-10-22(21)23/h3-11,16-17,28H,12-15H2,1-2H3,(H2,27,29,30,31,32,33). The molecule has 0 aliphatic heterocycles. The molecule has 2 aromatic carbocycles. The molecule has 0 bridgehead atoms. The summed E-state index contributed by atoms with van der Waals surface area (Å²) in [4.78, 5) is 29.4. The molecule has 1 amide bonds. The molecule has 0 saturated carbocycles. The Bertz CT molecular complexity index is 1240. The maximum absolute atomic E-state index is 12.6. The van der Waals surface area contributed by atoms with E-state index in [9.17, 15) is 4.79 Å². The van der Waals surface area contributed by atoms with Gasteiger partial charge in [-0.1, -0.05) is 48.5 Å². The van der Waals surface area contributed by atoms with E-state index in [4.69, 9.17) is 0 Å². The Labute approximate surface area is 193 Å². The smallest absolute Gasteiger partial charge is 0.229 e. The molecule has 4 aromatic rings. The number of H-pyrrole nitrogens is 1. The van der Waals surface area contributed by atoms with Gasteiger partial charge in [0.15, 0.2) is 0 Å². The van der Waals surface area contributed by atoms with Crippen molar-refractivity contribution >= 4 is 28.7 Å². The first-order valence-electron chi connectivity index (χ1n) is 11.1. The third kappa shape index (κ3) is 6.26. The average Bonchev–Trinajstić information content (AvgIpc) is 3.21. The summed E-state index contributed by atoms with van der Waals surface area (Å²) in [6.45, 7) is 4.33. The minimum atomic E-state index is -0.110. The number of aryl methyl sites for hydroxylation is 3. The number of para-hydroxylation sites is 1. The van der Waals surface area contributed by atoms with Crippen molar-refractivity contribution in [1.82, 2.24) is 20.3 Å². The Morgan fingerprint density at radius 1 is 0.970 bits per heavy atom. The molecule has 4 rings (SSSR count). The number of rotatable bonds is 7. The van der Waals surface area contributed by atoms with Crippen molar-refractivity contribution in [2.75, 3.05) is 11.9 Å².